The Hall–Kier alpha value is -1.62. The Morgan fingerprint density at radius 2 is 2.32 bits per heavy atom. The molecule has 4 nitrogen and oxygen atoms in total. The van der Waals surface area contributed by atoms with Crippen LogP contribution in [0.1, 0.15) is 12.8 Å². The number of halogens is 1. The zero-order valence-corrected chi connectivity index (χ0v) is 10.6. The van der Waals surface area contributed by atoms with Crippen LogP contribution in [-0.4, -0.2) is 41.1 Å². The first-order chi connectivity index (χ1) is 9.10. The van der Waals surface area contributed by atoms with Gasteiger partial charge in [-0.05, 0) is 37.6 Å². The lowest BCUT2D eigenvalue weighted by Gasteiger charge is -2.40. The number of nitrogens with one attached hydrogen (secondary N) is 1. The predicted octanol–water partition coefficient (Wildman–Crippen LogP) is 1.79. The van der Waals surface area contributed by atoms with Crippen molar-refractivity contribution in [2.45, 2.75) is 18.4 Å². The van der Waals surface area contributed by atoms with Gasteiger partial charge in [-0.25, -0.2) is 9.18 Å². The molecule has 2 bridgehead atoms. The van der Waals surface area contributed by atoms with Crippen LogP contribution >= 0.6 is 0 Å². The third-order valence-electron chi connectivity index (χ3n) is 4.37. The van der Waals surface area contributed by atoms with Crippen LogP contribution in [0.2, 0.25) is 0 Å². The van der Waals surface area contributed by atoms with Gasteiger partial charge in [0.25, 0.3) is 0 Å². The average Bonchev–Trinajstić information content (AvgIpc) is 2.77. The fourth-order valence-electron chi connectivity index (χ4n) is 3.30. The van der Waals surface area contributed by atoms with Gasteiger partial charge in [0.1, 0.15) is 11.4 Å². The Morgan fingerprint density at radius 1 is 1.47 bits per heavy atom. The highest BCUT2D eigenvalue weighted by Crippen LogP contribution is 2.38. The molecule has 0 spiro atoms. The van der Waals surface area contributed by atoms with Crippen molar-refractivity contribution >= 4 is 11.7 Å². The average molecular weight is 264 g/mol. The number of hydrogen-bond donors (Lipinski definition) is 2. The molecule has 0 saturated carbocycles. The number of rotatable bonds is 3. The van der Waals surface area contributed by atoms with Crippen LogP contribution in [0.25, 0.3) is 0 Å². The van der Waals surface area contributed by atoms with Crippen molar-refractivity contribution in [2.24, 2.45) is 5.92 Å². The minimum absolute atomic E-state index is 0.0852. The molecule has 0 aromatic heterocycles. The second kappa shape index (κ2) is 4.49. The Balaban J connectivity index is 1.91. The molecule has 2 saturated heterocycles. The highest BCUT2D eigenvalue weighted by atomic mass is 19.1. The molecule has 3 atom stereocenters. The van der Waals surface area contributed by atoms with Crippen molar-refractivity contribution in [2.75, 3.05) is 25.0 Å². The maximum atomic E-state index is 13.2. The minimum atomic E-state index is -0.958. The number of carbonyl (C=O) groups is 1. The molecule has 2 heterocycles. The van der Waals surface area contributed by atoms with Crippen LogP contribution in [0, 0.1) is 11.7 Å². The molecule has 102 valence electrons. The molecule has 19 heavy (non-hydrogen) atoms. The van der Waals surface area contributed by atoms with E-state index < -0.39 is 11.5 Å². The number of piperidine rings is 1. The second-order valence-electron chi connectivity index (χ2n) is 5.45. The van der Waals surface area contributed by atoms with Gasteiger partial charge in [0, 0.05) is 24.7 Å². The number of hydrogen-bond acceptors (Lipinski definition) is 3. The summed E-state index contributed by atoms with van der Waals surface area (Å²) in [7, 11) is 0. The molecule has 2 aliphatic heterocycles. The van der Waals surface area contributed by atoms with Crippen molar-refractivity contribution in [3.8, 4) is 0 Å². The standard InChI is InChI=1S/C14H17FN2O2/c15-11-2-1-3-12(8-11)16-14(13(18)19)5-7-17-6-4-10(14)9-17/h1-3,8,10,16H,4-7,9H2,(H,18,19). The largest absolute Gasteiger partial charge is 0.479 e. The van der Waals surface area contributed by atoms with E-state index in [-0.39, 0.29) is 11.7 Å². The van der Waals surface area contributed by atoms with Crippen molar-refractivity contribution in [3.63, 3.8) is 0 Å². The van der Waals surface area contributed by atoms with E-state index in [2.05, 4.69) is 10.2 Å². The second-order valence-corrected chi connectivity index (χ2v) is 5.45. The van der Waals surface area contributed by atoms with Crippen LogP contribution in [0.3, 0.4) is 0 Å². The Morgan fingerprint density at radius 3 is 3.05 bits per heavy atom. The quantitative estimate of drug-likeness (QED) is 0.874. The zero-order valence-electron chi connectivity index (χ0n) is 10.6. The third kappa shape index (κ3) is 2.08. The summed E-state index contributed by atoms with van der Waals surface area (Å²) in [5.74, 6) is -1.10. The third-order valence-corrected chi connectivity index (χ3v) is 4.37. The predicted molar refractivity (Wildman–Crippen MR) is 69.6 cm³/mol. The minimum Gasteiger partial charge on any atom is -0.479 e. The van der Waals surface area contributed by atoms with Gasteiger partial charge in [-0.15, -0.1) is 0 Å². The van der Waals surface area contributed by atoms with Gasteiger partial charge in [0.2, 0.25) is 0 Å². The van der Waals surface area contributed by atoms with E-state index in [4.69, 9.17) is 0 Å². The van der Waals surface area contributed by atoms with Crippen LogP contribution in [0.4, 0.5) is 10.1 Å². The maximum absolute atomic E-state index is 13.2. The molecule has 2 N–H and O–H groups in total. The smallest absolute Gasteiger partial charge is 0.329 e. The van der Waals surface area contributed by atoms with E-state index in [0.29, 0.717) is 12.1 Å². The molecule has 2 aliphatic rings. The molecular weight excluding hydrogens is 247 g/mol. The lowest BCUT2D eigenvalue weighted by atomic mass is 9.78. The summed E-state index contributed by atoms with van der Waals surface area (Å²) >= 11 is 0. The molecule has 0 radical (unpaired) electrons. The van der Waals surface area contributed by atoms with Crippen molar-refractivity contribution < 1.29 is 14.3 Å². The lowest BCUT2D eigenvalue weighted by molar-refractivity contribution is -0.145. The fraction of sp³-hybridized carbons (Fsp3) is 0.500. The summed E-state index contributed by atoms with van der Waals surface area (Å²) in [6.45, 7) is 2.56. The molecule has 1 aromatic rings. The van der Waals surface area contributed by atoms with Crippen LogP contribution in [-0.2, 0) is 4.79 Å². The number of benzene rings is 1. The van der Waals surface area contributed by atoms with Gasteiger partial charge in [-0.3, -0.25) is 0 Å². The zero-order chi connectivity index (χ0) is 13.5. The van der Waals surface area contributed by atoms with Gasteiger partial charge >= 0.3 is 5.97 Å². The first-order valence-corrected chi connectivity index (χ1v) is 6.60. The Kier molecular flexibility index (Phi) is 2.93. The van der Waals surface area contributed by atoms with Gasteiger partial charge < -0.3 is 15.3 Å². The highest BCUT2D eigenvalue weighted by Gasteiger charge is 2.51. The van der Waals surface area contributed by atoms with Crippen molar-refractivity contribution in [3.05, 3.63) is 30.1 Å². The highest BCUT2D eigenvalue weighted by molar-refractivity contribution is 5.83. The summed E-state index contributed by atoms with van der Waals surface area (Å²) in [6.07, 6.45) is 1.44. The topological polar surface area (TPSA) is 52.6 Å². The van der Waals surface area contributed by atoms with Crippen molar-refractivity contribution in [1.82, 2.24) is 4.90 Å². The van der Waals surface area contributed by atoms with Crippen LogP contribution < -0.4 is 5.32 Å². The van der Waals surface area contributed by atoms with Gasteiger partial charge in [0.05, 0.1) is 0 Å². The number of carboxylic acids is 1. The molecule has 5 heteroatoms. The summed E-state index contributed by atoms with van der Waals surface area (Å²) in [5.41, 5.74) is -0.413. The molecule has 3 rings (SSSR count). The SMILES string of the molecule is O=C(O)C1(Nc2cccc(F)c2)CCN2CCC1C2. The first-order valence-electron chi connectivity index (χ1n) is 6.60. The number of aliphatic carboxylic acids is 1. The number of fused-ring (bicyclic) bond motifs is 2. The van der Waals surface area contributed by atoms with E-state index in [1.807, 2.05) is 0 Å². The Labute approximate surface area is 111 Å². The van der Waals surface area contributed by atoms with Crippen LogP contribution in [0.5, 0.6) is 0 Å². The molecule has 0 amide bonds. The van der Waals surface area contributed by atoms with Gasteiger partial charge in [0.15, 0.2) is 0 Å². The van der Waals surface area contributed by atoms with Gasteiger partial charge in [-0.2, -0.15) is 0 Å². The summed E-state index contributed by atoms with van der Waals surface area (Å²) in [4.78, 5) is 14.1. The number of nitrogens with zero attached hydrogens (tertiary/aromatic N) is 1. The van der Waals surface area contributed by atoms with E-state index >= 15 is 0 Å². The van der Waals surface area contributed by atoms with Crippen LogP contribution in [0.15, 0.2) is 24.3 Å². The van der Waals surface area contributed by atoms with E-state index in [0.717, 1.165) is 26.1 Å². The molecule has 2 fully saturated rings. The van der Waals surface area contributed by atoms with Crippen molar-refractivity contribution in [1.29, 1.82) is 0 Å². The molecule has 3 unspecified atom stereocenters. The van der Waals surface area contributed by atoms with E-state index in [1.165, 1.54) is 12.1 Å². The van der Waals surface area contributed by atoms with Gasteiger partial charge in [-0.1, -0.05) is 6.07 Å². The van der Waals surface area contributed by atoms with E-state index in [9.17, 15) is 14.3 Å². The molecule has 1 aromatic carbocycles. The summed E-state index contributed by atoms with van der Waals surface area (Å²) in [5, 5.41) is 12.8. The summed E-state index contributed by atoms with van der Waals surface area (Å²) in [6, 6.07) is 6.02. The normalized spacial score (nSPS) is 33.1. The number of carboxylic acid groups (broad SMARTS) is 1. The number of anilines is 1. The van der Waals surface area contributed by atoms with E-state index in [1.54, 1.807) is 12.1 Å². The fourth-order valence-corrected chi connectivity index (χ4v) is 3.30. The lowest BCUT2D eigenvalue weighted by Crippen LogP contribution is -2.57. The summed E-state index contributed by atoms with van der Waals surface area (Å²) < 4.78 is 13.2. The first kappa shape index (κ1) is 12.4. The maximum Gasteiger partial charge on any atom is 0.329 e. The monoisotopic (exact) mass is 264 g/mol. The molecule has 0 aliphatic carbocycles. The Bertz CT molecular complexity index is 508. The molecular formula is C14H17FN2O2.